The highest BCUT2D eigenvalue weighted by Crippen LogP contribution is 2.40. The molecule has 0 aromatic heterocycles. The molecule has 2 N–H and O–H groups in total. The minimum Gasteiger partial charge on any atom is -0.388 e. The van der Waals surface area contributed by atoms with Crippen molar-refractivity contribution in [2.24, 2.45) is 11.8 Å². The number of halogens is 1. The number of nitrogens with one attached hydrogen (secondary N) is 1. The van der Waals surface area contributed by atoms with Gasteiger partial charge < -0.3 is 10.4 Å². The highest BCUT2D eigenvalue weighted by atomic mass is 19.1. The summed E-state index contributed by atoms with van der Waals surface area (Å²) in [6.45, 7) is 1.10. The van der Waals surface area contributed by atoms with Crippen LogP contribution in [0.2, 0.25) is 0 Å². The van der Waals surface area contributed by atoms with Crippen molar-refractivity contribution < 1.29 is 9.50 Å². The number of aliphatic hydroxyl groups is 1. The lowest BCUT2D eigenvalue weighted by atomic mass is 9.89. The number of hydrogen-bond donors (Lipinski definition) is 2. The molecule has 1 aromatic carbocycles. The van der Waals surface area contributed by atoms with Crippen LogP contribution >= 0.6 is 0 Å². The maximum Gasteiger partial charge on any atom is 0.123 e. The van der Waals surface area contributed by atoms with Crippen molar-refractivity contribution in [1.29, 1.82) is 0 Å². The minimum absolute atomic E-state index is 0.249. The van der Waals surface area contributed by atoms with Crippen LogP contribution < -0.4 is 5.32 Å². The van der Waals surface area contributed by atoms with E-state index in [4.69, 9.17) is 0 Å². The highest BCUT2D eigenvalue weighted by molar-refractivity contribution is 5.19. The molecule has 4 unspecified atom stereocenters. The Balaban J connectivity index is 1.64. The number of benzene rings is 1. The molecule has 4 atom stereocenters. The third-order valence-corrected chi connectivity index (χ3v) is 4.61. The van der Waals surface area contributed by atoms with Crippen LogP contribution in [0, 0.1) is 17.7 Å². The fraction of sp³-hybridized carbons (Fsp3) is 0.600. The molecule has 0 spiro atoms. The molecule has 0 bridgehead atoms. The first-order chi connectivity index (χ1) is 8.74. The van der Waals surface area contributed by atoms with Gasteiger partial charge in [-0.15, -0.1) is 0 Å². The third kappa shape index (κ3) is 2.29. The molecule has 1 saturated heterocycles. The molecule has 98 valence electrons. The fourth-order valence-electron chi connectivity index (χ4n) is 3.62. The van der Waals surface area contributed by atoms with Crippen LogP contribution in [0.1, 0.15) is 37.4 Å². The number of aliphatic hydroxyl groups excluding tert-OH is 1. The summed E-state index contributed by atoms with van der Waals surface area (Å²) in [5, 5.41) is 13.8. The fourth-order valence-corrected chi connectivity index (χ4v) is 3.62. The summed E-state index contributed by atoms with van der Waals surface area (Å²) in [6.07, 6.45) is 4.22. The van der Waals surface area contributed by atoms with Crippen molar-refractivity contribution in [3.05, 3.63) is 35.6 Å². The van der Waals surface area contributed by atoms with Crippen LogP contribution in [0.5, 0.6) is 0 Å². The molecule has 2 aliphatic rings. The van der Waals surface area contributed by atoms with E-state index in [-0.39, 0.29) is 5.82 Å². The highest BCUT2D eigenvalue weighted by Gasteiger charge is 2.39. The Morgan fingerprint density at radius 2 is 2.06 bits per heavy atom. The van der Waals surface area contributed by atoms with Gasteiger partial charge in [-0.1, -0.05) is 18.6 Å². The predicted octanol–water partition coefficient (Wildman–Crippen LogP) is 2.64. The number of fused-ring (bicyclic) bond motifs is 1. The SMILES string of the molecule is OC(CC1NCC2CCCC21)c1ccc(F)cc1. The molecule has 18 heavy (non-hydrogen) atoms. The van der Waals surface area contributed by atoms with Crippen LogP contribution in [0.15, 0.2) is 24.3 Å². The Morgan fingerprint density at radius 3 is 2.83 bits per heavy atom. The largest absolute Gasteiger partial charge is 0.388 e. The van der Waals surface area contributed by atoms with Gasteiger partial charge in [-0.3, -0.25) is 0 Å². The minimum atomic E-state index is -0.484. The standard InChI is InChI=1S/C15H20FNO/c16-12-6-4-10(5-7-12)15(18)8-14-13-3-1-2-11(13)9-17-14/h4-7,11,13-15,17-18H,1-3,8-9H2. The van der Waals surface area contributed by atoms with Crippen LogP contribution in [0.25, 0.3) is 0 Å². The van der Waals surface area contributed by atoms with E-state index in [1.807, 2.05) is 0 Å². The molecule has 1 heterocycles. The van der Waals surface area contributed by atoms with Crippen LogP contribution in [-0.2, 0) is 0 Å². The van der Waals surface area contributed by atoms with Crippen molar-refractivity contribution in [2.75, 3.05) is 6.54 Å². The summed E-state index contributed by atoms with van der Waals surface area (Å²) in [7, 11) is 0. The van der Waals surface area contributed by atoms with Crippen LogP contribution in [0.4, 0.5) is 4.39 Å². The van der Waals surface area contributed by atoms with Gasteiger partial charge in [0.25, 0.3) is 0 Å². The lowest BCUT2D eigenvalue weighted by Crippen LogP contribution is -2.28. The van der Waals surface area contributed by atoms with E-state index in [1.54, 1.807) is 12.1 Å². The molecule has 1 aliphatic heterocycles. The summed E-state index contributed by atoms with van der Waals surface area (Å²) in [6, 6.07) is 6.62. The zero-order valence-electron chi connectivity index (χ0n) is 10.5. The summed E-state index contributed by atoms with van der Waals surface area (Å²) in [5.74, 6) is 1.30. The monoisotopic (exact) mass is 249 g/mol. The summed E-state index contributed by atoms with van der Waals surface area (Å²) in [4.78, 5) is 0. The van der Waals surface area contributed by atoms with Gasteiger partial charge in [0.05, 0.1) is 6.10 Å². The Labute approximate surface area is 107 Å². The van der Waals surface area contributed by atoms with Crippen molar-refractivity contribution in [3.63, 3.8) is 0 Å². The first-order valence-corrected chi connectivity index (χ1v) is 6.91. The van der Waals surface area contributed by atoms with E-state index in [2.05, 4.69) is 5.32 Å². The zero-order valence-corrected chi connectivity index (χ0v) is 10.5. The lowest BCUT2D eigenvalue weighted by molar-refractivity contribution is 0.145. The van der Waals surface area contributed by atoms with Gasteiger partial charge in [-0.25, -0.2) is 4.39 Å². The Hall–Kier alpha value is -0.930. The molecule has 3 heteroatoms. The van der Waals surface area contributed by atoms with Crippen molar-refractivity contribution in [1.82, 2.24) is 5.32 Å². The van der Waals surface area contributed by atoms with Crippen LogP contribution in [0.3, 0.4) is 0 Å². The van der Waals surface area contributed by atoms with Gasteiger partial charge >= 0.3 is 0 Å². The second-order valence-corrected chi connectivity index (χ2v) is 5.67. The Kier molecular flexibility index (Phi) is 3.35. The number of rotatable bonds is 3. The normalized spacial score (nSPS) is 32.4. The quantitative estimate of drug-likeness (QED) is 0.863. The van der Waals surface area contributed by atoms with E-state index < -0.39 is 6.10 Å². The zero-order chi connectivity index (χ0) is 12.5. The summed E-state index contributed by atoms with van der Waals surface area (Å²) in [5.41, 5.74) is 0.819. The molecule has 3 rings (SSSR count). The number of hydrogen-bond acceptors (Lipinski definition) is 2. The van der Waals surface area contributed by atoms with Gasteiger partial charge in [-0.2, -0.15) is 0 Å². The molecule has 1 saturated carbocycles. The van der Waals surface area contributed by atoms with Gasteiger partial charge in [0.15, 0.2) is 0 Å². The van der Waals surface area contributed by atoms with E-state index in [0.29, 0.717) is 6.04 Å². The van der Waals surface area contributed by atoms with Crippen molar-refractivity contribution in [2.45, 2.75) is 37.8 Å². The van der Waals surface area contributed by atoms with E-state index >= 15 is 0 Å². The van der Waals surface area contributed by atoms with Gasteiger partial charge in [0.2, 0.25) is 0 Å². The Bertz CT molecular complexity index is 405. The average Bonchev–Trinajstić information content (AvgIpc) is 2.95. The van der Waals surface area contributed by atoms with E-state index in [0.717, 1.165) is 30.4 Å². The summed E-state index contributed by atoms with van der Waals surface area (Å²) < 4.78 is 12.8. The molecule has 2 nitrogen and oxygen atoms in total. The molecular weight excluding hydrogens is 229 g/mol. The van der Waals surface area contributed by atoms with Crippen molar-refractivity contribution in [3.8, 4) is 0 Å². The first-order valence-electron chi connectivity index (χ1n) is 6.91. The average molecular weight is 249 g/mol. The Morgan fingerprint density at radius 1 is 1.28 bits per heavy atom. The van der Waals surface area contributed by atoms with Gasteiger partial charge in [0, 0.05) is 6.04 Å². The first kappa shape index (κ1) is 12.1. The molecule has 0 amide bonds. The third-order valence-electron chi connectivity index (χ3n) is 4.61. The van der Waals surface area contributed by atoms with E-state index in [1.165, 1.54) is 31.4 Å². The second-order valence-electron chi connectivity index (χ2n) is 5.67. The lowest BCUT2D eigenvalue weighted by Gasteiger charge is -2.21. The maximum absolute atomic E-state index is 12.8. The smallest absolute Gasteiger partial charge is 0.123 e. The molecule has 2 fully saturated rings. The molecule has 1 aliphatic carbocycles. The molecule has 1 aromatic rings. The topological polar surface area (TPSA) is 32.3 Å². The van der Waals surface area contributed by atoms with Crippen molar-refractivity contribution >= 4 is 0 Å². The van der Waals surface area contributed by atoms with Crippen LogP contribution in [-0.4, -0.2) is 17.7 Å². The summed E-state index contributed by atoms with van der Waals surface area (Å²) >= 11 is 0. The van der Waals surface area contributed by atoms with Gasteiger partial charge in [0.1, 0.15) is 5.82 Å². The maximum atomic E-state index is 12.8. The second kappa shape index (κ2) is 4.98. The molecular formula is C15H20FNO. The van der Waals surface area contributed by atoms with Gasteiger partial charge in [-0.05, 0) is 55.3 Å². The molecule has 0 radical (unpaired) electrons. The predicted molar refractivity (Wildman–Crippen MR) is 68.6 cm³/mol. The van der Waals surface area contributed by atoms with E-state index in [9.17, 15) is 9.50 Å².